The van der Waals surface area contributed by atoms with Crippen LogP contribution in [0.5, 0.6) is 0 Å². The predicted octanol–water partition coefficient (Wildman–Crippen LogP) is 4.69. The van der Waals surface area contributed by atoms with Crippen molar-refractivity contribution in [3.05, 3.63) is 37.3 Å². The Bertz CT molecular complexity index is 619. The van der Waals surface area contributed by atoms with Gasteiger partial charge in [0.25, 0.3) is 0 Å². The van der Waals surface area contributed by atoms with Gasteiger partial charge in [-0.15, -0.1) is 11.3 Å². The molecule has 2 heterocycles. The van der Waals surface area contributed by atoms with Crippen LogP contribution >= 0.6 is 34.5 Å². The summed E-state index contributed by atoms with van der Waals surface area (Å²) in [6.07, 6.45) is 1.89. The van der Waals surface area contributed by atoms with Crippen LogP contribution in [-0.2, 0) is 13.5 Å². The zero-order chi connectivity index (χ0) is 15.6. The van der Waals surface area contributed by atoms with Gasteiger partial charge >= 0.3 is 0 Å². The second-order valence-electron chi connectivity index (χ2n) is 5.29. The van der Waals surface area contributed by atoms with Gasteiger partial charge in [0.15, 0.2) is 0 Å². The molecule has 0 bridgehead atoms. The van der Waals surface area contributed by atoms with E-state index in [1.807, 2.05) is 20.9 Å². The molecule has 0 fully saturated rings. The van der Waals surface area contributed by atoms with Crippen molar-refractivity contribution >= 4 is 34.5 Å². The highest BCUT2D eigenvalue weighted by atomic mass is 35.5. The van der Waals surface area contributed by atoms with Crippen molar-refractivity contribution < 1.29 is 0 Å². The number of hydrogen-bond donors (Lipinski definition) is 1. The SMILES string of the molecule is CCCNC(Cc1c(C)nn(C)c1Cl)c1scc(C)c1Cl. The Morgan fingerprint density at radius 2 is 2.10 bits per heavy atom. The predicted molar refractivity (Wildman–Crippen MR) is 91.8 cm³/mol. The molecule has 0 radical (unpaired) electrons. The van der Waals surface area contributed by atoms with Gasteiger partial charge in [-0.1, -0.05) is 30.1 Å². The Morgan fingerprint density at radius 1 is 1.38 bits per heavy atom. The third-order valence-corrected chi connectivity index (χ3v) is 5.86. The number of aryl methyl sites for hydroxylation is 3. The van der Waals surface area contributed by atoms with Gasteiger partial charge in [0.05, 0.1) is 10.7 Å². The minimum atomic E-state index is 0.177. The summed E-state index contributed by atoms with van der Waals surface area (Å²) in [6, 6.07) is 0.177. The highest BCUT2D eigenvalue weighted by Gasteiger charge is 2.22. The Kier molecular flexibility index (Phi) is 5.72. The summed E-state index contributed by atoms with van der Waals surface area (Å²) in [5.74, 6) is 0. The quantitative estimate of drug-likeness (QED) is 0.822. The Balaban J connectivity index is 2.30. The lowest BCUT2D eigenvalue weighted by Gasteiger charge is -2.18. The number of halogens is 2. The zero-order valence-corrected chi connectivity index (χ0v) is 15.2. The molecule has 1 unspecified atom stereocenters. The average Bonchev–Trinajstić information content (AvgIpc) is 2.89. The Hall–Kier alpha value is -0.550. The first kappa shape index (κ1) is 16.8. The van der Waals surface area contributed by atoms with Crippen LogP contribution in [0.4, 0.5) is 0 Å². The molecule has 0 aromatic carbocycles. The van der Waals surface area contributed by atoms with E-state index in [2.05, 4.69) is 22.7 Å². The smallest absolute Gasteiger partial charge is 0.130 e. The largest absolute Gasteiger partial charge is 0.309 e. The molecule has 6 heteroatoms. The van der Waals surface area contributed by atoms with E-state index < -0.39 is 0 Å². The molecule has 116 valence electrons. The van der Waals surface area contributed by atoms with Crippen molar-refractivity contribution in [1.82, 2.24) is 15.1 Å². The normalized spacial score (nSPS) is 12.9. The topological polar surface area (TPSA) is 29.9 Å². The lowest BCUT2D eigenvalue weighted by Crippen LogP contribution is -2.23. The number of nitrogens with one attached hydrogen (secondary N) is 1. The molecule has 0 amide bonds. The number of aromatic nitrogens is 2. The van der Waals surface area contributed by atoms with Crippen molar-refractivity contribution in [3.63, 3.8) is 0 Å². The van der Waals surface area contributed by atoms with Crippen LogP contribution in [0.2, 0.25) is 10.2 Å². The van der Waals surface area contributed by atoms with Crippen LogP contribution in [0, 0.1) is 13.8 Å². The molecule has 0 aliphatic rings. The van der Waals surface area contributed by atoms with Crippen LogP contribution in [-0.4, -0.2) is 16.3 Å². The fraction of sp³-hybridized carbons (Fsp3) is 0.533. The van der Waals surface area contributed by atoms with Gasteiger partial charge in [0.2, 0.25) is 0 Å². The van der Waals surface area contributed by atoms with Gasteiger partial charge in [-0.2, -0.15) is 5.10 Å². The summed E-state index contributed by atoms with van der Waals surface area (Å²) in [6.45, 7) is 7.16. The Morgan fingerprint density at radius 3 is 2.57 bits per heavy atom. The van der Waals surface area contributed by atoms with Gasteiger partial charge < -0.3 is 5.32 Å². The number of hydrogen-bond acceptors (Lipinski definition) is 3. The molecule has 3 nitrogen and oxygen atoms in total. The van der Waals surface area contributed by atoms with Gasteiger partial charge in [-0.05, 0) is 44.2 Å². The second kappa shape index (κ2) is 7.14. The monoisotopic (exact) mass is 345 g/mol. The van der Waals surface area contributed by atoms with E-state index in [-0.39, 0.29) is 6.04 Å². The van der Waals surface area contributed by atoms with Crippen molar-refractivity contribution in [1.29, 1.82) is 0 Å². The van der Waals surface area contributed by atoms with Gasteiger partial charge in [-0.25, -0.2) is 0 Å². The van der Waals surface area contributed by atoms with Gasteiger partial charge in [0, 0.05) is 23.5 Å². The molecule has 0 saturated heterocycles. The van der Waals surface area contributed by atoms with E-state index in [0.717, 1.165) is 41.2 Å². The molecule has 0 saturated carbocycles. The number of rotatable bonds is 6. The molecule has 0 spiro atoms. The first-order valence-electron chi connectivity index (χ1n) is 7.10. The molecule has 1 N–H and O–H groups in total. The van der Waals surface area contributed by atoms with E-state index in [9.17, 15) is 0 Å². The summed E-state index contributed by atoms with van der Waals surface area (Å²) in [7, 11) is 1.87. The van der Waals surface area contributed by atoms with E-state index in [0.29, 0.717) is 5.15 Å². The van der Waals surface area contributed by atoms with Crippen LogP contribution in [0.1, 0.15) is 41.1 Å². The molecule has 2 aromatic rings. The standard InChI is InChI=1S/C15H21Cl2N3S/c1-5-6-18-12(14-13(16)9(2)8-21-14)7-11-10(3)19-20(4)15(11)17/h8,12,18H,5-7H2,1-4H3. The maximum Gasteiger partial charge on any atom is 0.130 e. The minimum absolute atomic E-state index is 0.177. The van der Waals surface area contributed by atoms with Crippen LogP contribution in [0.15, 0.2) is 5.38 Å². The van der Waals surface area contributed by atoms with Crippen molar-refractivity contribution in [2.24, 2.45) is 7.05 Å². The molecule has 21 heavy (non-hydrogen) atoms. The second-order valence-corrected chi connectivity index (χ2v) is 6.93. The van der Waals surface area contributed by atoms with Gasteiger partial charge in [0.1, 0.15) is 5.15 Å². The van der Waals surface area contributed by atoms with Crippen molar-refractivity contribution in [2.45, 2.75) is 39.7 Å². The van der Waals surface area contributed by atoms with Crippen LogP contribution < -0.4 is 5.32 Å². The maximum absolute atomic E-state index is 6.45. The number of thiophene rings is 1. The minimum Gasteiger partial charge on any atom is -0.309 e. The van der Waals surface area contributed by atoms with Gasteiger partial charge in [-0.3, -0.25) is 4.68 Å². The van der Waals surface area contributed by atoms with Crippen molar-refractivity contribution in [3.8, 4) is 0 Å². The van der Waals surface area contributed by atoms with E-state index in [1.54, 1.807) is 16.0 Å². The molecule has 0 aliphatic carbocycles. The highest BCUT2D eigenvalue weighted by molar-refractivity contribution is 7.10. The summed E-state index contributed by atoms with van der Waals surface area (Å²) < 4.78 is 1.73. The fourth-order valence-corrected chi connectivity index (χ4v) is 4.02. The summed E-state index contributed by atoms with van der Waals surface area (Å²) in [4.78, 5) is 1.18. The zero-order valence-electron chi connectivity index (χ0n) is 12.8. The maximum atomic E-state index is 6.45. The molecular weight excluding hydrogens is 325 g/mol. The summed E-state index contributed by atoms with van der Waals surface area (Å²) >= 11 is 14.5. The summed E-state index contributed by atoms with van der Waals surface area (Å²) in [5.41, 5.74) is 3.21. The highest BCUT2D eigenvalue weighted by Crippen LogP contribution is 2.35. The lowest BCUT2D eigenvalue weighted by molar-refractivity contribution is 0.535. The Labute approximate surface area is 140 Å². The third kappa shape index (κ3) is 3.62. The van der Waals surface area contributed by atoms with Crippen LogP contribution in [0.3, 0.4) is 0 Å². The molecule has 0 aliphatic heterocycles. The lowest BCUT2D eigenvalue weighted by atomic mass is 10.0. The molecular formula is C15H21Cl2N3S. The number of nitrogens with zero attached hydrogens (tertiary/aromatic N) is 2. The van der Waals surface area contributed by atoms with E-state index in [4.69, 9.17) is 23.2 Å². The first-order valence-corrected chi connectivity index (χ1v) is 8.74. The fourth-order valence-electron chi connectivity index (χ4n) is 2.37. The van der Waals surface area contributed by atoms with E-state index >= 15 is 0 Å². The molecule has 2 aromatic heterocycles. The van der Waals surface area contributed by atoms with E-state index in [1.165, 1.54) is 4.88 Å². The van der Waals surface area contributed by atoms with Crippen molar-refractivity contribution in [2.75, 3.05) is 6.54 Å². The molecule has 2 rings (SSSR count). The van der Waals surface area contributed by atoms with Crippen LogP contribution in [0.25, 0.3) is 0 Å². The third-order valence-electron chi connectivity index (χ3n) is 3.56. The average molecular weight is 346 g/mol. The molecule has 1 atom stereocenters. The summed E-state index contributed by atoms with van der Waals surface area (Å²) in [5, 5.41) is 11.7. The first-order chi connectivity index (χ1) is 9.95.